The van der Waals surface area contributed by atoms with E-state index >= 15 is 0 Å². The molecule has 0 N–H and O–H groups in total. The van der Waals surface area contributed by atoms with Crippen LogP contribution in [0.3, 0.4) is 0 Å². The number of likely N-dealkylation sites (tertiary alicyclic amines) is 1. The van der Waals surface area contributed by atoms with E-state index in [0.29, 0.717) is 23.2 Å². The van der Waals surface area contributed by atoms with E-state index in [4.69, 9.17) is 14.5 Å². The lowest BCUT2D eigenvalue weighted by Gasteiger charge is -2.29. The highest BCUT2D eigenvalue weighted by molar-refractivity contribution is 5.87. The minimum absolute atomic E-state index is 0.116. The third kappa shape index (κ3) is 5.73. The Hall–Kier alpha value is -3.30. The average molecular weight is 527 g/mol. The maximum atomic E-state index is 14.0. The number of pyridine rings is 1. The van der Waals surface area contributed by atoms with Gasteiger partial charge in [0.2, 0.25) is 0 Å². The molecular formula is C29H33F3N4O2. The molecule has 0 bridgehead atoms. The fraction of sp³-hybridized carbons (Fsp3) is 0.414. The molecule has 3 heterocycles. The summed E-state index contributed by atoms with van der Waals surface area (Å²) in [5.74, 6) is 0.585. The van der Waals surface area contributed by atoms with Crippen molar-refractivity contribution in [2.45, 2.75) is 31.5 Å². The quantitative estimate of drug-likeness (QED) is 0.265. The molecule has 9 heteroatoms. The largest absolute Gasteiger partial charge is 0.493 e. The number of halogens is 3. The van der Waals surface area contributed by atoms with E-state index in [1.807, 2.05) is 53.9 Å². The Morgan fingerprint density at radius 1 is 1.00 bits per heavy atom. The molecule has 0 spiro atoms. The van der Waals surface area contributed by atoms with Crippen LogP contribution >= 0.6 is 0 Å². The first-order valence-corrected chi connectivity index (χ1v) is 12.9. The fourth-order valence-electron chi connectivity index (χ4n) is 4.90. The maximum Gasteiger partial charge on any atom is 0.419 e. The number of hydrogen-bond donors (Lipinski definition) is 0. The number of ether oxygens (including phenoxy) is 2. The van der Waals surface area contributed by atoms with Crippen LogP contribution in [0.2, 0.25) is 0 Å². The fourth-order valence-corrected chi connectivity index (χ4v) is 4.90. The van der Waals surface area contributed by atoms with Gasteiger partial charge in [0.25, 0.3) is 0 Å². The molecule has 0 amide bonds. The highest BCUT2D eigenvalue weighted by atomic mass is 19.4. The Labute approximate surface area is 220 Å². The molecule has 0 aliphatic carbocycles. The van der Waals surface area contributed by atoms with Gasteiger partial charge in [0, 0.05) is 25.8 Å². The Balaban J connectivity index is 1.48. The summed E-state index contributed by atoms with van der Waals surface area (Å²) in [6.45, 7) is 2.92. The van der Waals surface area contributed by atoms with Crippen molar-refractivity contribution in [3.8, 4) is 22.6 Å². The molecule has 0 radical (unpaired) electrons. The van der Waals surface area contributed by atoms with Gasteiger partial charge in [-0.05, 0) is 87.9 Å². The minimum Gasteiger partial charge on any atom is -0.493 e. The zero-order chi connectivity index (χ0) is 26.9. The van der Waals surface area contributed by atoms with Crippen molar-refractivity contribution in [3.05, 3.63) is 60.3 Å². The van der Waals surface area contributed by atoms with Crippen LogP contribution in [0.25, 0.3) is 27.8 Å². The first-order valence-electron chi connectivity index (χ1n) is 12.9. The third-order valence-electron chi connectivity index (χ3n) is 6.97. The number of fused-ring (bicyclic) bond motifs is 3. The highest BCUT2D eigenvalue weighted by Crippen LogP contribution is 2.39. The number of aromatic nitrogens is 2. The van der Waals surface area contributed by atoms with Crippen LogP contribution in [0.1, 0.15) is 24.8 Å². The highest BCUT2D eigenvalue weighted by Gasteiger charge is 2.35. The number of rotatable bonds is 8. The van der Waals surface area contributed by atoms with Gasteiger partial charge >= 0.3 is 6.18 Å². The van der Waals surface area contributed by atoms with E-state index in [-0.39, 0.29) is 18.5 Å². The van der Waals surface area contributed by atoms with E-state index in [0.717, 1.165) is 55.3 Å². The standard InChI is InChI=1S/C29H33F3N4O2/c1-34(2)14-5-17-37-25-10-8-20(18-23(25)29(30,31)32)21-9-11-27-33-24-6-4-7-26(28(24)36(27)19-21)38-22-12-15-35(3)16-13-22/h4,6-11,18-19,22H,5,12-17H2,1-3H3. The summed E-state index contributed by atoms with van der Waals surface area (Å²) in [5, 5.41) is 0. The van der Waals surface area contributed by atoms with Crippen LogP contribution in [0.5, 0.6) is 11.5 Å². The van der Waals surface area contributed by atoms with Gasteiger partial charge in [-0.25, -0.2) is 4.98 Å². The molecule has 202 valence electrons. The van der Waals surface area contributed by atoms with E-state index in [9.17, 15) is 13.2 Å². The second-order valence-electron chi connectivity index (χ2n) is 10.2. The Morgan fingerprint density at radius 2 is 1.76 bits per heavy atom. The van der Waals surface area contributed by atoms with E-state index in [1.54, 1.807) is 12.1 Å². The SMILES string of the molecule is CN(C)CCCOc1ccc(-c2ccc3nc4cccc(OC5CCN(C)CC5)c4n3c2)cc1C(F)(F)F. The van der Waals surface area contributed by atoms with E-state index in [2.05, 4.69) is 11.9 Å². The molecule has 6 nitrogen and oxygen atoms in total. The molecule has 2 aromatic carbocycles. The molecular weight excluding hydrogens is 493 g/mol. The predicted octanol–water partition coefficient (Wildman–Crippen LogP) is 5.98. The normalized spacial score (nSPS) is 15.6. The van der Waals surface area contributed by atoms with Crippen LogP contribution in [-0.4, -0.2) is 72.7 Å². The lowest BCUT2D eigenvalue weighted by Crippen LogP contribution is -2.35. The number of alkyl halides is 3. The third-order valence-corrected chi connectivity index (χ3v) is 6.97. The van der Waals surface area contributed by atoms with Gasteiger partial charge in [-0.15, -0.1) is 0 Å². The Morgan fingerprint density at radius 3 is 2.50 bits per heavy atom. The second-order valence-corrected chi connectivity index (χ2v) is 10.2. The number of nitrogens with zero attached hydrogens (tertiary/aromatic N) is 4. The number of hydrogen-bond acceptors (Lipinski definition) is 5. The maximum absolute atomic E-state index is 14.0. The monoisotopic (exact) mass is 526 g/mol. The summed E-state index contributed by atoms with van der Waals surface area (Å²) in [6.07, 6.45) is -0.0620. The topological polar surface area (TPSA) is 42.2 Å². The predicted molar refractivity (Wildman–Crippen MR) is 143 cm³/mol. The van der Waals surface area contributed by atoms with E-state index in [1.165, 1.54) is 6.07 Å². The molecule has 38 heavy (non-hydrogen) atoms. The molecule has 0 unspecified atom stereocenters. The summed E-state index contributed by atoms with van der Waals surface area (Å²) < 4.78 is 55.8. The molecule has 5 rings (SSSR count). The molecule has 1 aliphatic rings. The Bertz CT molecular complexity index is 1410. The molecule has 1 aliphatic heterocycles. The van der Waals surface area contributed by atoms with Crippen molar-refractivity contribution in [2.75, 3.05) is 47.4 Å². The Kier molecular flexibility index (Phi) is 7.49. The molecule has 4 aromatic rings. The lowest BCUT2D eigenvalue weighted by molar-refractivity contribution is -0.138. The van der Waals surface area contributed by atoms with Gasteiger partial charge in [0.05, 0.1) is 17.7 Å². The van der Waals surface area contributed by atoms with Gasteiger partial charge in [0.1, 0.15) is 28.8 Å². The summed E-state index contributed by atoms with van der Waals surface area (Å²) in [5.41, 5.74) is 2.64. The molecule has 0 atom stereocenters. The average Bonchev–Trinajstić information content (AvgIpc) is 3.26. The molecule has 1 saturated heterocycles. The van der Waals surface area contributed by atoms with Gasteiger partial charge in [-0.2, -0.15) is 13.2 Å². The summed E-state index contributed by atoms with van der Waals surface area (Å²) in [4.78, 5) is 8.97. The van der Waals surface area contributed by atoms with Gasteiger partial charge < -0.3 is 19.3 Å². The lowest BCUT2D eigenvalue weighted by atomic mass is 10.0. The second kappa shape index (κ2) is 10.8. The van der Waals surface area contributed by atoms with E-state index < -0.39 is 11.7 Å². The van der Waals surface area contributed by atoms with Crippen molar-refractivity contribution in [3.63, 3.8) is 0 Å². The number of para-hydroxylation sites is 1. The number of benzene rings is 2. The van der Waals surface area contributed by atoms with Gasteiger partial charge in [0.15, 0.2) is 0 Å². The van der Waals surface area contributed by atoms with Crippen LogP contribution in [-0.2, 0) is 6.18 Å². The van der Waals surface area contributed by atoms with Crippen molar-refractivity contribution in [2.24, 2.45) is 0 Å². The summed E-state index contributed by atoms with van der Waals surface area (Å²) >= 11 is 0. The summed E-state index contributed by atoms with van der Waals surface area (Å²) in [6, 6.07) is 13.7. The smallest absolute Gasteiger partial charge is 0.419 e. The van der Waals surface area contributed by atoms with Crippen molar-refractivity contribution >= 4 is 16.7 Å². The van der Waals surface area contributed by atoms with Crippen LogP contribution in [0.4, 0.5) is 13.2 Å². The van der Waals surface area contributed by atoms with Crippen molar-refractivity contribution in [1.29, 1.82) is 0 Å². The van der Waals surface area contributed by atoms with Crippen molar-refractivity contribution < 1.29 is 22.6 Å². The van der Waals surface area contributed by atoms with Gasteiger partial charge in [-0.1, -0.05) is 12.1 Å². The van der Waals surface area contributed by atoms with Crippen molar-refractivity contribution in [1.82, 2.24) is 19.2 Å². The number of imidazole rings is 1. The zero-order valence-electron chi connectivity index (χ0n) is 22.0. The van der Waals surface area contributed by atoms with Crippen LogP contribution in [0.15, 0.2) is 54.7 Å². The first-order chi connectivity index (χ1) is 18.2. The minimum atomic E-state index is -4.53. The van der Waals surface area contributed by atoms with Gasteiger partial charge in [-0.3, -0.25) is 4.40 Å². The van der Waals surface area contributed by atoms with Crippen LogP contribution < -0.4 is 9.47 Å². The first kappa shape index (κ1) is 26.3. The van der Waals surface area contributed by atoms with Crippen LogP contribution in [0, 0.1) is 0 Å². The molecule has 0 saturated carbocycles. The number of piperidine rings is 1. The summed E-state index contributed by atoms with van der Waals surface area (Å²) in [7, 11) is 5.94. The molecule has 2 aromatic heterocycles. The zero-order valence-corrected chi connectivity index (χ0v) is 22.0. The molecule has 1 fully saturated rings.